The number of hydrogen-bond donors (Lipinski definition) is 1. The number of benzene rings is 1. The number of methoxy groups -OCH3 is 1. The van der Waals surface area contributed by atoms with Crippen molar-refractivity contribution in [1.29, 1.82) is 0 Å². The Bertz CT molecular complexity index is 752. The van der Waals surface area contributed by atoms with Gasteiger partial charge in [0.15, 0.2) is 17.2 Å². The topological polar surface area (TPSA) is 86.3 Å². The molecule has 120 valence electrons. The number of halogens is 1. The molecule has 0 bridgehead atoms. The average molecular weight is 380 g/mol. The maximum atomic E-state index is 11.9. The maximum absolute atomic E-state index is 11.9. The Kier molecular flexibility index (Phi) is 5.60. The number of aromatic nitrogens is 3. The summed E-state index contributed by atoms with van der Waals surface area (Å²) in [6, 6.07) is 3.37. The van der Waals surface area contributed by atoms with Crippen LogP contribution in [0, 0.1) is 12.3 Å². The number of terminal acetylenes is 1. The van der Waals surface area contributed by atoms with E-state index in [0.717, 1.165) is 0 Å². The molecule has 2 rings (SSSR count). The lowest BCUT2D eigenvalue weighted by atomic mass is 10.1. The number of carbonyl (C=O) groups is 1. The molecule has 0 radical (unpaired) electrons. The van der Waals surface area contributed by atoms with Gasteiger partial charge in [0.25, 0.3) is 0 Å². The van der Waals surface area contributed by atoms with Crippen molar-refractivity contribution < 1.29 is 19.0 Å². The molecule has 0 spiro atoms. The lowest BCUT2D eigenvalue weighted by molar-refractivity contribution is 0.0520. The number of rotatable bonds is 6. The molecule has 0 fully saturated rings. The zero-order chi connectivity index (χ0) is 16.8. The quantitative estimate of drug-likeness (QED) is 0.612. The van der Waals surface area contributed by atoms with E-state index < -0.39 is 5.97 Å². The van der Waals surface area contributed by atoms with Crippen molar-refractivity contribution in [1.82, 2.24) is 15.4 Å². The summed E-state index contributed by atoms with van der Waals surface area (Å²) in [5.74, 6) is 2.75. The van der Waals surface area contributed by atoms with E-state index in [0.29, 0.717) is 27.2 Å². The third-order valence-electron chi connectivity index (χ3n) is 2.84. The Balaban J connectivity index is 2.47. The molecule has 0 atom stereocenters. The van der Waals surface area contributed by atoms with Crippen molar-refractivity contribution in [2.75, 3.05) is 20.3 Å². The van der Waals surface area contributed by atoms with Crippen LogP contribution in [0.2, 0.25) is 0 Å². The van der Waals surface area contributed by atoms with Crippen LogP contribution in [0.25, 0.3) is 11.3 Å². The number of esters is 1. The van der Waals surface area contributed by atoms with Crippen LogP contribution in [0.1, 0.15) is 17.4 Å². The van der Waals surface area contributed by atoms with Gasteiger partial charge in [-0.3, -0.25) is 0 Å². The van der Waals surface area contributed by atoms with Gasteiger partial charge < -0.3 is 14.2 Å². The molecule has 1 aromatic heterocycles. The van der Waals surface area contributed by atoms with Crippen LogP contribution in [0.4, 0.5) is 0 Å². The summed E-state index contributed by atoms with van der Waals surface area (Å²) < 4.78 is 16.3. The van der Waals surface area contributed by atoms with Gasteiger partial charge in [-0.25, -0.2) is 4.79 Å². The van der Waals surface area contributed by atoms with Gasteiger partial charge in [0.2, 0.25) is 0 Å². The molecule has 0 aliphatic rings. The summed E-state index contributed by atoms with van der Waals surface area (Å²) in [6.45, 7) is 2.07. The van der Waals surface area contributed by atoms with Crippen LogP contribution in [0.5, 0.6) is 11.5 Å². The first-order valence-corrected chi connectivity index (χ1v) is 7.43. The fourth-order valence-electron chi connectivity index (χ4n) is 1.87. The minimum atomic E-state index is -0.560. The Morgan fingerprint density at radius 1 is 1.39 bits per heavy atom. The first-order chi connectivity index (χ1) is 11.1. The monoisotopic (exact) mass is 379 g/mol. The second kappa shape index (κ2) is 7.65. The molecule has 0 aliphatic carbocycles. The van der Waals surface area contributed by atoms with E-state index in [1.54, 1.807) is 19.1 Å². The predicted molar refractivity (Wildman–Crippen MR) is 86.4 cm³/mol. The van der Waals surface area contributed by atoms with Crippen molar-refractivity contribution in [3.05, 3.63) is 22.3 Å². The summed E-state index contributed by atoms with van der Waals surface area (Å²) in [4.78, 5) is 11.9. The van der Waals surface area contributed by atoms with Gasteiger partial charge in [-0.15, -0.1) is 11.5 Å². The minimum absolute atomic E-state index is 0.0897. The third-order valence-corrected chi connectivity index (χ3v) is 3.49. The van der Waals surface area contributed by atoms with Gasteiger partial charge in [-0.05, 0) is 35.0 Å². The molecule has 7 nitrogen and oxygen atoms in total. The molecule has 0 amide bonds. The summed E-state index contributed by atoms with van der Waals surface area (Å²) in [5.41, 5.74) is 1.04. The molecule has 2 aromatic rings. The first-order valence-electron chi connectivity index (χ1n) is 6.64. The summed E-state index contributed by atoms with van der Waals surface area (Å²) in [7, 11) is 1.50. The van der Waals surface area contributed by atoms with E-state index in [2.05, 4.69) is 37.3 Å². The molecule has 1 N–H and O–H groups in total. The molecular formula is C15H14BrN3O4. The normalized spacial score (nSPS) is 10.0. The molecule has 23 heavy (non-hydrogen) atoms. The maximum Gasteiger partial charge on any atom is 0.361 e. The fourth-order valence-corrected chi connectivity index (χ4v) is 2.38. The number of nitrogens with zero attached hydrogens (tertiary/aromatic N) is 2. The van der Waals surface area contributed by atoms with E-state index >= 15 is 0 Å². The molecule has 0 saturated carbocycles. The summed E-state index contributed by atoms with van der Waals surface area (Å²) >= 11 is 3.43. The lowest BCUT2D eigenvalue weighted by Gasteiger charge is -2.12. The third kappa shape index (κ3) is 3.63. The second-order valence-corrected chi connectivity index (χ2v) is 5.07. The van der Waals surface area contributed by atoms with E-state index in [-0.39, 0.29) is 18.9 Å². The Labute approximate surface area is 141 Å². The molecule has 8 heteroatoms. The van der Waals surface area contributed by atoms with E-state index in [1.807, 2.05) is 0 Å². The molecule has 1 aromatic carbocycles. The zero-order valence-corrected chi connectivity index (χ0v) is 14.1. The Morgan fingerprint density at radius 2 is 2.17 bits per heavy atom. The van der Waals surface area contributed by atoms with Gasteiger partial charge >= 0.3 is 5.97 Å². The number of aromatic amines is 1. The largest absolute Gasteiger partial charge is 0.493 e. The van der Waals surface area contributed by atoms with Crippen molar-refractivity contribution in [2.45, 2.75) is 6.92 Å². The summed E-state index contributed by atoms with van der Waals surface area (Å²) in [5, 5.41) is 10.3. The van der Waals surface area contributed by atoms with Crippen LogP contribution in [0.3, 0.4) is 0 Å². The van der Waals surface area contributed by atoms with Crippen molar-refractivity contribution >= 4 is 21.9 Å². The van der Waals surface area contributed by atoms with Crippen LogP contribution >= 0.6 is 15.9 Å². The number of H-pyrrole nitrogens is 1. The zero-order valence-electron chi connectivity index (χ0n) is 12.6. The minimum Gasteiger partial charge on any atom is -0.493 e. The highest BCUT2D eigenvalue weighted by Gasteiger charge is 2.22. The number of nitrogens with one attached hydrogen (secondary N) is 1. The van der Waals surface area contributed by atoms with Crippen LogP contribution in [0.15, 0.2) is 16.6 Å². The standard InChI is InChI=1S/C15H14BrN3O4/c1-4-6-23-12-8-10(16)9(7-11(12)21-3)13-14(18-19-17-13)15(20)22-5-2/h1,7-8H,5-6H2,2-3H3,(H,17,18,19). The second-order valence-electron chi connectivity index (χ2n) is 4.22. The highest BCUT2D eigenvalue weighted by molar-refractivity contribution is 9.10. The van der Waals surface area contributed by atoms with E-state index in [4.69, 9.17) is 20.6 Å². The first kappa shape index (κ1) is 16.8. The average Bonchev–Trinajstić information content (AvgIpc) is 3.02. The van der Waals surface area contributed by atoms with Gasteiger partial charge in [-0.1, -0.05) is 5.92 Å². The fraction of sp³-hybridized carbons (Fsp3) is 0.267. The van der Waals surface area contributed by atoms with Gasteiger partial charge in [0, 0.05) is 10.0 Å². The molecule has 0 aliphatic heterocycles. The van der Waals surface area contributed by atoms with Crippen LogP contribution in [-0.2, 0) is 4.74 Å². The van der Waals surface area contributed by atoms with Crippen LogP contribution in [-0.4, -0.2) is 41.7 Å². The van der Waals surface area contributed by atoms with Gasteiger partial charge in [0.1, 0.15) is 12.3 Å². The highest BCUT2D eigenvalue weighted by Crippen LogP contribution is 2.38. The van der Waals surface area contributed by atoms with E-state index in [9.17, 15) is 4.79 Å². The van der Waals surface area contributed by atoms with Gasteiger partial charge in [-0.2, -0.15) is 10.3 Å². The van der Waals surface area contributed by atoms with E-state index in [1.165, 1.54) is 7.11 Å². The lowest BCUT2D eigenvalue weighted by Crippen LogP contribution is -2.07. The molecule has 0 saturated heterocycles. The number of carbonyl (C=O) groups excluding carboxylic acids is 1. The molecule has 0 unspecified atom stereocenters. The Morgan fingerprint density at radius 3 is 2.83 bits per heavy atom. The number of hydrogen-bond acceptors (Lipinski definition) is 6. The Hall–Kier alpha value is -2.53. The van der Waals surface area contributed by atoms with Gasteiger partial charge in [0.05, 0.1) is 13.7 Å². The number of ether oxygens (including phenoxy) is 3. The van der Waals surface area contributed by atoms with Crippen LogP contribution < -0.4 is 9.47 Å². The smallest absolute Gasteiger partial charge is 0.361 e. The molecular weight excluding hydrogens is 366 g/mol. The highest BCUT2D eigenvalue weighted by atomic mass is 79.9. The van der Waals surface area contributed by atoms with Crippen molar-refractivity contribution in [3.63, 3.8) is 0 Å². The van der Waals surface area contributed by atoms with Crippen molar-refractivity contribution in [3.8, 4) is 35.1 Å². The summed E-state index contributed by atoms with van der Waals surface area (Å²) in [6.07, 6.45) is 5.19. The SMILES string of the molecule is C#CCOc1cc(Br)c(-c2n[nH]nc2C(=O)OCC)cc1OC. The van der Waals surface area contributed by atoms with Crippen molar-refractivity contribution in [2.24, 2.45) is 0 Å². The predicted octanol–water partition coefficient (Wildman–Crippen LogP) is 2.43. The molecule has 1 heterocycles.